The van der Waals surface area contributed by atoms with Crippen molar-refractivity contribution in [2.75, 3.05) is 13.7 Å². The highest BCUT2D eigenvalue weighted by Crippen LogP contribution is 2.29. The fourth-order valence-corrected chi connectivity index (χ4v) is 6.16. The molecule has 0 saturated carbocycles. The molecule has 0 radical (unpaired) electrons. The van der Waals surface area contributed by atoms with E-state index in [-0.39, 0.29) is 17.9 Å². The van der Waals surface area contributed by atoms with E-state index in [4.69, 9.17) is 4.74 Å². The lowest BCUT2D eigenvalue weighted by atomic mass is 9.96. The van der Waals surface area contributed by atoms with E-state index in [0.717, 1.165) is 0 Å². The van der Waals surface area contributed by atoms with Crippen LogP contribution in [-0.4, -0.2) is 60.2 Å². The highest BCUT2D eigenvalue weighted by Gasteiger charge is 2.49. The molecule has 44 heavy (non-hydrogen) atoms. The first-order chi connectivity index (χ1) is 21.0. The van der Waals surface area contributed by atoms with E-state index >= 15 is 8.78 Å². The Labute approximate surface area is 255 Å². The number of sulfonamides is 1. The molecule has 0 saturated heterocycles. The van der Waals surface area contributed by atoms with Crippen molar-refractivity contribution >= 4 is 21.9 Å². The number of amides is 1. The number of alkyl halides is 2. The Kier molecular flexibility index (Phi) is 10.5. The Morgan fingerprint density at radius 3 is 1.73 bits per heavy atom. The molecule has 0 bridgehead atoms. The first kappa shape index (κ1) is 32.3. The maximum Gasteiger partial charge on any atom is 0.408 e. The standard InChI is InChI=1S/C33H32F2N2O6S/c1-43-28-17-19-29(20-18-28)44(41,42)36(22-26-13-7-3-8-14-26)24-33(34,35)31(38)30(21-25-11-5-2-6-12-25)37(32(39)40)23-27-15-9-4-10-16-27/h2-20,30H,21-24H2,1H3,(H,39,40)/t30-/m1/s1. The van der Waals surface area contributed by atoms with Gasteiger partial charge in [0.25, 0.3) is 0 Å². The third-order valence-electron chi connectivity index (χ3n) is 7.03. The molecule has 0 aliphatic carbocycles. The number of hydrogen-bond donors (Lipinski definition) is 1. The molecule has 4 aromatic carbocycles. The van der Waals surface area contributed by atoms with Gasteiger partial charge in [-0.25, -0.2) is 13.2 Å². The highest BCUT2D eigenvalue weighted by molar-refractivity contribution is 7.89. The second-order valence-electron chi connectivity index (χ2n) is 10.1. The zero-order chi connectivity index (χ0) is 31.7. The smallest absolute Gasteiger partial charge is 0.408 e. The topological polar surface area (TPSA) is 104 Å². The summed E-state index contributed by atoms with van der Waals surface area (Å²) in [5.74, 6) is -5.60. The Hall–Kier alpha value is -4.61. The summed E-state index contributed by atoms with van der Waals surface area (Å²) in [7, 11) is -3.14. The number of carbonyl (C=O) groups is 2. The van der Waals surface area contributed by atoms with Crippen LogP contribution in [0.15, 0.2) is 120 Å². The number of benzene rings is 4. The predicted molar refractivity (Wildman–Crippen MR) is 161 cm³/mol. The number of Topliss-reactive ketones (excluding diaryl/α,β-unsaturated/α-hetero) is 1. The largest absolute Gasteiger partial charge is 0.497 e. The molecular weight excluding hydrogens is 590 g/mol. The average Bonchev–Trinajstić information content (AvgIpc) is 3.03. The van der Waals surface area contributed by atoms with Gasteiger partial charge in [-0.15, -0.1) is 0 Å². The van der Waals surface area contributed by atoms with Crippen molar-refractivity contribution in [2.24, 2.45) is 0 Å². The summed E-state index contributed by atoms with van der Waals surface area (Å²) >= 11 is 0. The minimum absolute atomic E-state index is 0.269. The van der Waals surface area contributed by atoms with Gasteiger partial charge >= 0.3 is 12.0 Å². The van der Waals surface area contributed by atoms with Crippen LogP contribution in [0.5, 0.6) is 5.75 Å². The van der Waals surface area contributed by atoms with Crippen molar-refractivity contribution < 1.29 is 36.6 Å². The first-order valence-electron chi connectivity index (χ1n) is 13.7. The van der Waals surface area contributed by atoms with Gasteiger partial charge < -0.3 is 9.84 Å². The number of hydrogen-bond acceptors (Lipinski definition) is 5. The van der Waals surface area contributed by atoms with E-state index in [9.17, 15) is 23.1 Å². The number of ether oxygens (including phenoxy) is 1. The van der Waals surface area contributed by atoms with Crippen LogP contribution < -0.4 is 4.74 Å². The van der Waals surface area contributed by atoms with E-state index in [0.29, 0.717) is 31.6 Å². The lowest BCUT2D eigenvalue weighted by Gasteiger charge is -2.33. The summed E-state index contributed by atoms with van der Waals surface area (Å²) in [6.45, 7) is -2.28. The zero-order valence-corrected chi connectivity index (χ0v) is 24.7. The first-order valence-corrected chi connectivity index (χ1v) is 15.1. The summed E-state index contributed by atoms with van der Waals surface area (Å²) in [4.78, 5) is 26.6. The van der Waals surface area contributed by atoms with Crippen LogP contribution >= 0.6 is 0 Å². The van der Waals surface area contributed by atoms with E-state index < -0.39 is 47.0 Å². The number of carbonyl (C=O) groups excluding carboxylic acids is 1. The van der Waals surface area contributed by atoms with Crippen LogP contribution in [0.2, 0.25) is 0 Å². The monoisotopic (exact) mass is 622 g/mol. The van der Waals surface area contributed by atoms with Crippen molar-refractivity contribution in [1.82, 2.24) is 9.21 Å². The summed E-state index contributed by atoms with van der Waals surface area (Å²) in [6.07, 6.45) is -1.90. The molecule has 0 fully saturated rings. The second-order valence-corrected chi connectivity index (χ2v) is 12.0. The normalized spacial score (nSPS) is 12.5. The Morgan fingerprint density at radius 2 is 1.25 bits per heavy atom. The second kappa shape index (κ2) is 14.2. The molecule has 4 rings (SSSR count). The molecule has 1 amide bonds. The van der Waals surface area contributed by atoms with Crippen LogP contribution in [0.25, 0.3) is 0 Å². The quantitative estimate of drug-likeness (QED) is 0.188. The Morgan fingerprint density at radius 1 is 0.773 bits per heavy atom. The molecule has 0 spiro atoms. The predicted octanol–water partition coefficient (Wildman–Crippen LogP) is 5.88. The number of methoxy groups -OCH3 is 1. The number of ketones is 1. The maximum absolute atomic E-state index is 16.2. The maximum atomic E-state index is 16.2. The van der Waals surface area contributed by atoms with Crippen molar-refractivity contribution in [3.8, 4) is 5.75 Å². The third-order valence-corrected chi connectivity index (χ3v) is 8.83. The number of rotatable bonds is 14. The molecular formula is C33H32F2N2O6S. The van der Waals surface area contributed by atoms with Gasteiger partial charge in [0.05, 0.1) is 18.6 Å². The van der Waals surface area contributed by atoms with Crippen LogP contribution in [0.1, 0.15) is 16.7 Å². The van der Waals surface area contributed by atoms with Gasteiger partial charge in [-0.3, -0.25) is 9.69 Å². The highest BCUT2D eigenvalue weighted by atomic mass is 32.2. The molecule has 1 N–H and O–H groups in total. The van der Waals surface area contributed by atoms with Gasteiger partial charge in [0, 0.05) is 19.5 Å². The van der Waals surface area contributed by atoms with Crippen molar-refractivity contribution in [3.05, 3.63) is 132 Å². The van der Waals surface area contributed by atoms with Crippen molar-refractivity contribution in [1.29, 1.82) is 0 Å². The molecule has 8 nitrogen and oxygen atoms in total. The van der Waals surface area contributed by atoms with Crippen molar-refractivity contribution in [2.45, 2.75) is 36.4 Å². The minimum Gasteiger partial charge on any atom is -0.497 e. The van der Waals surface area contributed by atoms with E-state index in [1.807, 2.05) is 0 Å². The molecule has 0 aromatic heterocycles. The molecule has 0 heterocycles. The van der Waals surface area contributed by atoms with Crippen LogP contribution in [0.4, 0.5) is 13.6 Å². The molecule has 4 aromatic rings. The molecule has 1 atom stereocenters. The summed E-state index contributed by atoms with van der Waals surface area (Å²) in [5, 5.41) is 10.1. The zero-order valence-electron chi connectivity index (χ0n) is 23.9. The number of carboxylic acid groups (broad SMARTS) is 1. The molecule has 11 heteroatoms. The lowest BCUT2D eigenvalue weighted by molar-refractivity contribution is -0.149. The summed E-state index contributed by atoms with van der Waals surface area (Å²) in [5.41, 5.74) is 1.38. The molecule has 0 unspecified atom stereocenters. The van der Waals surface area contributed by atoms with Gasteiger partial charge in [-0.05, 0) is 41.0 Å². The average molecular weight is 623 g/mol. The Balaban J connectivity index is 1.72. The summed E-state index contributed by atoms with van der Waals surface area (Å²) in [6, 6.07) is 28.1. The minimum atomic E-state index is -4.55. The fraction of sp³-hybridized carbons (Fsp3) is 0.212. The van der Waals surface area contributed by atoms with E-state index in [1.165, 1.54) is 31.4 Å². The van der Waals surface area contributed by atoms with E-state index in [1.54, 1.807) is 91.0 Å². The molecule has 0 aliphatic rings. The van der Waals surface area contributed by atoms with Crippen LogP contribution in [0, 0.1) is 0 Å². The molecule has 0 aliphatic heterocycles. The third kappa shape index (κ3) is 8.06. The summed E-state index contributed by atoms with van der Waals surface area (Å²) < 4.78 is 65.4. The number of nitrogens with zero attached hydrogens (tertiary/aromatic N) is 2. The SMILES string of the molecule is COc1ccc(S(=O)(=O)N(Cc2ccccc2)CC(F)(F)C(=O)[C@@H](Cc2ccccc2)N(Cc2ccccc2)C(=O)O)cc1. The van der Waals surface area contributed by atoms with Gasteiger partial charge in [-0.2, -0.15) is 13.1 Å². The van der Waals surface area contributed by atoms with Crippen molar-refractivity contribution in [3.63, 3.8) is 0 Å². The lowest BCUT2D eigenvalue weighted by Crippen LogP contribution is -2.55. The number of halogens is 2. The van der Waals surface area contributed by atoms with Crippen LogP contribution in [0.3, 0.4) is 0 Å². The fourth-order valence-electron chi connectivity index (χ4n) is 4.73. The van der Waals surface area contributed by atoms with Gasteiger partial charge in [-0.1, -0.05) is 91.0 Å². The van der Waals surface area contributed by atoms with Crippen LogP contribution in [-0.2, 0) is 34.3 Å². The van der Waals surface area contributed by atoms with Gasteiger partial charge in [0.2, 0.25) is 15.8 Å². The van der Waals surface area contributed by atoms with Gasteiger partial charge in [0.1, 0.15) is 11.8 Å². The van der Waals surface area contributed by atoms with Gasteiger partial charge in [0.15, 0.2) is 0 Å². The Bertz CT molecular complexity index is 1640. The molecule has 230 valence electrons. The van der Waals surface area contributed by atoms with E-state index in [2.05, 4.69) is 0 Å².